The molecule has 0 aliphatic heterocycles. The van der Waals surface area contributed by atoms with Crippen molar-refractivity contribution >= 4 is 45.4 Å². The molecule has 3 heterocycles. The molecule has 152 valence electrons. The number of aromatic nitrogens is 3. The summed E-state index contributed by atoms with van der Waals surface area (Å²) in [6, 6.07) is 13.5. The molecule has 0 saturated heterocycles. The molecule has 2 amide bonds. The number of thioether (sulfide) groups is 1. The number of amides is 2. The number of nitrogens with one attached hydrogen (secondary N) is 1. The number of nitrogens with zero attached hydrogens (tertiary/aromatic N) is 3. The van der Waals surface area contributed by atoms with Gasteiger partial charge in [0.05, 0.1) is 28.2 Å². The number of hydrogen-bond acceptors (Lipinski definition) is 6. The summed E-state index contributed by atoms with van der Waals surface area (Å²) in [4.78, 5) is 28.7. The van der Waals surface area contributed by atoms with Crippen molar-refractivity contribution in [1.29, 1.82) is 0 Å². The van der Waals surface area contributed by atoms with Gasteiger partial charge in [0.2, 0.25) is 5.91 Å². The van der Waals surface area contributed by atoms with E-state index >= 15 is 0 Å². The molecule has 30 heavy (non-hydrogen) atoms. The van der Waals surface area contributed by atoms with Crippen LogP contribution in [0.25, 0.3) is 16.8 Å². The minimum atomic E-state index is -0.568. The predicted octanol–water partition coefficient (Wildman–Crippen LogP) is 3.90. The van der Waals surface area contributed by atoms with Crippen molar-refractivity contribution in [1.82, 2.24) is 14.6 Å². The van der Waals surface area contributed by atoms with Crippen molar-refractivity contribution in [3.63, 3.8) is 0 Å². The second kappa shape index (κ2) is 8.29. The number of benzene rings is 1. The molecule has 0 aliphatic rings. The highest BCUT2D eigenvalue weighted by Gasteiger charge is 2.18. The third kappa shape index (κ3) is 3.94. The van der Waals surface area contributed by atoms with Crippen molar-refractivity contribution in [2.24, 2.45) is 5.73 Å². The number of thiophene rings is 1. The summed E-state index contributed by atoms with van der Waals surface area (Å²) < 4.78 is 1.80. The highest BCUT2D eigenvalue weighted by Crippen LogP contribution is 2.31. The summed E-state index contributed by atoms with van der Waals surface area (Å²) in [6.07, 6.45) is 0. The Bertz CT molecular complexity index is 1250. The first-order valence-corrected chi connectivity index (χ1v) is 11.0. The molecule has 0 spiro atoms. The molecular weight excluding hydrogens is 418 g/mol. The lowest BCUT2D eigenvalue weighted by atomic mass is 10.1. The molecule has 0 unspecified atom stereocenters. The van der Waals surface area contributed by atoms with Crippen molar-refractivity contribution in [2.45, 2.75) is 19.0 Å². The smallest absolute Gasteiger partial charge is 0.251 e. The molecule has 1 aromatic carbocycles. The van der Waals surface area contributed by atoms with E-state index in [0.717, 1.165) is 28.0 Å². The van der Waals surface area contributed by atoms with Gasteiger partial charge in [-0.3, -0.25) is 9.59 Å². The van der Waals surface area contributed by atoms with Crippen LogP contribution >= 0.6 is 23.1 Å². The second-order valence-corrected chi connectivity index (χ2v) is 8.56. The number of aryl methyl sites for hydroxylation is 2. The average molecular weight is 438 g/mol. The topological polar surface area (TPSA) is 102 Å². The van der Waals surface area contributed by atoms with Crippen LogP contribution in [0, 0.1) is 13.8 Å². The van der Waals surface area contributed by atoms with Crippen LogP contribution < -0.4 is 11.1 Å². The fourth-order valence-electron chi connectivity index (χ4n) is 3.19. The van der Waals surface area contributed by atoms with Gasteiger partial charge in [0.1, 0.15) is 5.00 Å². The summed E-state index contributed by atoms with van der Waals surface area (Å²) in [5.74, 6) is -0.688. The van der Waals surface area contributed by atoms with Crippen LogP contribution in [0.1, 0.15) is 21.6 Å². The van der Waals surface area contributed by atoms with Crippen molar-refractivity contribution in [3.05, 3.63) is 64.7 Å². The number of hydrogen-bond donors (Lipinski definition) is 2. The predicted molar refractivity (Wildman–Crippen MR) is 120 cm³/mol. The molecule has 0 saturated carbocycles. The standard InChI is InChI=1S/C21H19N5O2S2/c1-12-10-13(2)25-26-18(12)17(14-6-4-3-5-7-14)24-21(26)30-11-16(27)23-20-15(19(22)28)8-9-29-20/h3-10H,11H2,1-2H3,(H2,22,28)(H,23,27). The van der Waals surface area contributed by atoms with Crippen LogP contribution in [-0.4, -0.2) is 32.2 Å². The summed E-state index contributed by atoms with van der Waals surface area (Å²) in [5.41, 5.74) is 10.3. The highest BCUT2D eigenvalue weighted by molar-refractivity contribution is 7.99. The zero-order valence-corrected chi connectivity index (χ0v) is 18.0. The van der Waals surface area contributed by atoms with Gasteiger partial charge in [-0.15, -0.1) is 11.3 Å². The molecule has 3 N–H and O–H groups in total. The highest BCUT2D eigenvalue weighted by atomic mass is 32.2. The van der Waals surface area contributed by atoms with E-state index < -0.39 is 5.91 Å². The molecule has 0 fully saturated rings. The quantitative estimate of drug-likeness (QED) is 0.445. The number of rotatable bonds is 6. The van der Waals surface area contributed by atoms with Gasteiger partial charge in [0.15, 0.2) is 5.16 Å². The summed E-state index contributed by atoms with van der Waals surface area (Å²) in [6.45, 7) is 3.96. The molecule has 0 bridgehead atoms. The van der Waals surface area contributed by atoms with Crippen molar-refractivity contribution in [2.75, 3.05) is 11.1 Å². The van der Waals surface area contributed by atoms with Gasteiger partial charge >= 0.3 is 0 Å². The van der Waals surface area contributed by atoms with Gasteiger partial charge in [-0.05, 0) is 36.9 Å². The fraction of sp³-hybridized carbons (Fsp3) is 0.143. The fourth-order valence-corrected chi connectivity index (χ4v) is 4.74. The van der Waals surface area contributed by atoms with E-state index in [1.165, 1.54) is 23.1 Å². The number of primary amides is 1. The van der Waals surface area contributed by atoms with Gasteiger partial charge in [-0.25, -0.2) is 9.50 Å². The first-order valence-electron chi connectivity index (χ1n) is 9.16. The molecule has 7 nitrogen and oxygen atoms in total. The molecule has 0 radical (unpaired) electrons. The van der Waals surface area contributed by atoms with Gasteiger partial charge in [0.25, 0.3) is 5.91 Å². The van der Waals surface area contributed by atoms with Crippen LogP contribution in [0.15, 0.2) is 53.0 Å². The largest absolute Gasteiger partial charge is 0.366 e. The monoisotopic (exact) mass is 437 g/mol. The van der Waals surface area contributed by atoms with Crippen LogP contribution in [0.2, 0.25) is 0 Å². The first kappa shape index (κ1) is 20.1. The lowest BCUT2D eigenvalue weighted by Crippen LogP contribution is -2.18. The maximum Gasteiger partial charge on any atom is 0.251 e. The Labute approximate surface area is 181 Å². The summed E-state index contributed by atoms with van der Waals surface area (Å²) in [7, 11) is 0. The number of nitrogens with two attached hydrogens (primary N) is 1. The molecule has 4 aromatic rings. The Balaban J connectivity index is 1.62. The number of imidazole rings is 1. The van der Waals surface area contributed by atoms with Crippen LogP contribution in [0.3, 0.4) is 0 Å². The zero-order valence-electron chi connectivity index (χ0n) is 16.4. The SMILES string of the molecule is Cc1cc(C)c2c(-c3ccccc3)nc(SCC(=O)Nc3sccc3C(N)=O)n2n1. The van der Waals surface area contributed by atoms with E-state index in [4.69, 9.17) is 10.7 Å². The molecule has 4 rings (SSSR count). The first-order chi connectivity index (χ1) is 14.4. The van der Waals surface area contributed by atoms with Crippen molar-refractivity contribution < 1.29 is 9.59 Å². The van der Waals surface area contributed by atoms with E-state index in [0.29, 0.717) is 15.7 Å². The normalized spacial score (nSPS) is 11.0. The second-order valence-electron chi connectivity index (χ2n) is 6.70. The molecule has 3 aromatic heterocycles. The van der Waals surface area contributed by atoms with Crippen LogP contribution in [0.4, 0.5) is 5.00 Å². The van der Waals surface area contributed by atoms with E-state index in [1.807, 2.05) is 50.2 Å². The summed E-state index contributed by atoms with van der Waals surface area (Å²) >= 11 is 2.55. The number of anilines is 1. The maximum absolute atomic E-state index is 12.5. The van der Waals surface area contributed by atoms with Gasteiger partial charge < -0.3 is 11.1 Å². The van der Waals surface area contributed by atoms with E-state index in [2.05, 4.69) is 10.4 Å². The van der Waals surface area contributed by atoms with Crippen LogP contribution in [0.5, 0.6) is 0 Å². The van der Waals surface area contributed by atoms with E-state index in [9.17, 15) is 9.59 Å². The number of carbonyl (C=O) groups excluding carboxylic acids is 2. The minimum Gasteiger partial charge on any atom is -0.366 e. The molecule has 0 aliphatic carbocycles. The van der Waals surface area contributed by atoms with Gasteiger partial charge in [0, 0.05) is 5.56 Å². The zero-order chi connectivity index (χ0) is 21.3. The van der Waals surface area contributed by atoms with Crippen molar-refractivity contribution in [3.8, 4) is 11.3 Å². The Morgan fingerprint density at radius 2 is 1.97 bits per heavy atom. The maximum atomic E-state index is 12.5. The van der Waals surface area contributed by atoms with Gasteiger partial charge in [-0.1, -0.05) is 42.1 Å². The Kier molecular flexibility index (Phi) is 5.56. The average Bonchev–Trinajstić information content (AvgIpc) is 3.32. The van der Waals surface area contributed by atoms with Gasteiger partial charge in [-0.2, -0.15) is 5.10 Å². The number of fused-ring (bicyclic) bond motifs is 1. The van der Waals surface area contributed by atoms with E-state index in [1.54, 1.807) is 16.0 Å². The van der Waals surface area contributed by atoms with E-state index in [-0.39, 0.29) is 11.7 Å². The third-order valence-electron chi connectivity index (χ3n) is 4.44. The number of carbonyl (C=O) groups is 2. The van der Waals surface area contributed by atoms with Crippen LogP contribution in [-0.2, 0) is 4.79 Å². The Morgan fingerprint density at radius 3 is 2.70 bits per heavy atom. The molecular formula is C21H19N5O2S2. The minimum absolute atomic E-state index is 0.123. The lowest BCUT2D eigenvalue weighted by molar-refractivity contribution is -0.113. The summed E-state index contributed by atoms with van der Waals surface area (Å²) in [5, 5.41) is 10.2. The molecule has 0 atom stereocenters. The molecule has 9 heteroatoms. The Hall–Kier alpha value is -3.17. The lowest BCUT2D eigenvalue weighted by Gasteiger charge is -2.05. The Morgan fingerprint density at radius 1 is 1.20 bits per heavy atom. The third-order valence-corrected chi connectivity index (χ3v) is 6.20.